The Kier molecular flexibility index (Phi) is 5.36. The maximum atomic E-state index is 12.2. The van der Waals surface area contributed by atoms with E-state index in [9.17, 15) is 14.4 Å². The van der Waals surface area contributed by atoms with Crippen molar-refractivity contribution in [2.45, 2.75) is 13.8 Å². The van der Waals surface area contributed by atoms with E-state index in [0.717, 1.165) is 11.4 Å². The zero-order valence-electron chi connectivity index (χ0n) is 13.4. The van der Waals surface area contributed by atoms with E-state index in [1.165, 1.54) is 12.1 Å². The molecule has 0 aliphatic carbocycles. The number of ether oxygens (including phenoxy) is 2. The van der Waals surface area contributed by atoms with E-state index in [1.54, 1.807) is 25.1 Å². The largest absolute Gasteiger partial charge is 0.483 e. The first kappa shape index (κ1) is 17.3. The molecule has 1 heterocycles. The summed E-state index contributed by atoms with van der Waals surface area (Å²) in [4.78, 5) is 38.1. The Morgan fingerprint density at radius 3 is 2.42 bits per heavy atom. The van der Waals surface area contributed by atoms with Crippen LogP contribution in [0.2, 0.25) is 0 Å². The fraction of sp³-hybridized carbons (Fsp3) is 0.235. The molecule has 24 heavy (non-hydrogen) atoms. The van der Waals surface area contributed by atoms with E-state index in [-0.39, 0.29) is 30.3 Å². The van der Waals surface area contributed by atoms with E-state index in [2.05, 4.69) is 4.98 Å². The average Bonchev–Trinajstić information content (AvgIpc) is 2.89. The molecule has 2 rings (SSSR count). The standard InChI is InChI=1S/C17H18N2O5/c1-10-7-13(11(2)19-10)14(20)8-24-17(22)12-5-3-4-6-15(12)23-9-16(18)21/h3-7,19H,8-9H2,1-2H3,(H2,18,21). The highest BCUT2D eigenvalue weighted by Crippen LogP contribution is 2.19. The molecule has 1 aromatic carbocycles. The highest BCUT2D eigenvalue weighted by Gasteiger charge is 2.18. The van der Waals surface area contributed by atoms with Crippen molar-refractivity contribution in [2.75, 3.05) is 13.2 Å². The van der Waals surface area contributed by atoms with Crippen molar-refractivity contribution in [3.63, 3.8) is 0 Å². The lowest BCUT2D eigenvalue weighted by Gasteiger charge is -2.09. The molecule has 0 aliphatic rings. The van der Waals surface area contributed by atoms with Gasteiger partial charge in [0.05, 0.1) is 0 Å². The number of esters is 1. The minimum atomic E-state index is -0.715. The van der Waals surface area contributed by atoms with Crippen molar-refractivity contribution in [3.05, 3.63) is 52.8 Å². The van der Waals surface area contributed by atoms with Crippen LogP contribution < -0.4 is 10.5 Å². The van der Waals surface area contributed by atoms with Crippen molar-refractivity contribution in [3.8, 4) is 5.75 Å². The van der Waals surface area contributed by atoms with Gasteiger partial charge in [-0.05, 0) is 32.0 Å². The zero-order valence-corrected chi connectivity index (χ0v) is 13.4. The Hall–Kier alpha value is -3.09. The van der Waals surface area contributed by atoms with Crippen molar-refractivity contribution in [1.29, 1.82) is 0 Å². The van der Waals surface area contributed by atoms with Crippen LogP contribution >= 0.6 is 0 Å². The van der Waals surface area contributed by atoms with Crippen molar-refractivity contribution < 1.29 is 23.9 Å². The molecule has 0 radical (unpaired) electrons. The van der Waals surface area contributed by atoms with Crippen LogP contribution in [0.1, 0.15) is 32.1 Å². The molecule has 0 aliphatic heterocycles. The lowest BCUT2D eigenvalue weighted by molar-refractivity contribution is -0.119. The monoisotopic (exact) mass is 330 g/mol. The molecule has 7 nitrogen and oxygen atoms in total. The zero-order chi connectivity index (χ0) is 17.7. The minimum absolute atomic E-state index is 0.119. The van der Waals surface area contributed by atoms with Crippen LogP contribution in [0.5, 0.6) is 5.75 Å². The number of hydrogen-bond donors (Lipinski definition) is 2. The molecule has 0 saturated heterocycles. The fourth-order valence-corrected chi connectivity index (χ4v) is 2.21. The van der Waals surface area contributed by atoms with Gasteiger partial charge in [-0.1, -0.05) is 12.1 Å². The number of ketones is 1. The topological polar surface area (TPSA) is 111 Å². The van der Waals surface area contributed by atoms with E-state index in [4.69, 9.17) is 15.2 Å². The molecule has 0 unspecified atom stereocenters. The maximum Gasteiger partial charge on any atom is 0.342 e. The second kappa shape index (κ2) is 7.45. The highest BCUT2D eigenvalue weighted by atomic mass is 16.5. The van der Waals surface area contributed by atoms with Crippen LogP contribution in [0.4, 0.5) is 0 Å². The maximum absolute atomic E-state index is 12.2. The summed E-state index contributed by atoms with van der Waals surface area (Å²) in [5.41, 5.74) is 7.20. The SMILES string of the molecule is Cc1cc(C(=O)COC(=O)c2ccccc2OCC(N)=O)c(C)[nH]1. The van der Waals surface area contributed by atoms with Gasteiger partial charge in [-0.15, -0.1) is 0 Å². The summed E-state index contributed by atoms with van der Waals surface area (Å²) in [6.07, 6.45) is 0. The molecule has 0 spiro atoms. The summed E-state index contributed by atoms with van der Waals surface area (Å²) in [7, 11) is 0. The number of para-hydroxylation sites is 1. The third kappa shape index (κ3) is 4.22. The molecule has 1 amide bonds. The Morgan fingerprint density at radius 2 is 1.79 bits per heavy atom. The van der Waals surface area contributed by atoms with E-state index in [1.807, 2.05) is 6.92 Å². The summed E-state index contributed by atoms with van der Waals surface area (Å²) >= 11 is 0. The number of aromatic nitrogens is 1. The Bertz CT molecular complexity index is 779. The fourth-order valence-electron chi connectivity index (χ4n) is 2.21. The molecule has 3 N–H and O–H groups in total. The summed E-state index contributed by atoms with van der Waals surface area (Å²) in [6, 6.07) is 7.96. The van der Waals surface area contributed by atoms with Gasteiger partial charge in [-0.3, -0.25) is 9.59 Å². The number of hydrogen-bond acceptors (Lipinski definition) is 5. The summed E-state index contributed by atoms with van der Waals surface area (Å²) in [5, 5.41) is 0. The van der Waals surface area contributed by atoms with Gasteiger partial charge < -0.3 is 20.2 Å². The summed E-state index contributed by atoms with van der Waals surface area (Å²) in [6.45, 7) is 2.86. The Labute approximate surface area is 138 Å². The van der Waals surface area contributed by atoms with Gasteiger partial charge in [-0.2, -0.15) is 0 Å². The van der Waals surface area contributed by atoms with Crippen LogP contribution in [0, 0.1) is 13.8 Å². The van der Waals surface area contributed by atoms with Gasteiger partial charge in [0, 0.05) is 17.0 Å². The number of aryl methyl sites for hydroxylation is 2. The highest BCUT2D eigenvalue weighted by molar-refractivity contribution is 6.00. The number of nitrogens with two attached hydrogens (primary N) is 1. The molecule has 0 atom stereocenters. The summed E-state index contributed by atoms with van der Waals surface area (Å²) in [5.74, 6) is -1.51. The minimum Gasteiger partial charge on any atom is -0.483 e. The Balaban J connectivity index is 2.03. The van der Waals surface area contributed by atoms with E-state index < -0.39 is 11.9 Å². The smallest absolute Gasteiger partial charge is 0.342 e. The predicted molar refractivity (Wildman–Crippen MR) is 86.0 cm³/mol. The number of H-pyrrole nitrogens is 1. The summed E-state index contributed by atoms with van der Waals surface area (Å²) < 4.78 is 10.2. The van der Waals surface area contributed by atoms with Gasteiger partial charge in [0.25, 0.3) is 5.91 Å². The number of benzene rings is 1. The quantitative estimate of drug-likeness (QED) is 0.591. The third-order valence-corrected chi connectivity index (χ3v) is 3.26. The molecular weight excluding hydrogens is 312 g/mol. The molecule has 0 fully saturated rings. The number of aromatic amines is 1. The normalized spacial score (nSPS) is 10.2. The first-order valence-corrected chi connectivity index (χ1v) is 7.25. The van der Waals surface area contributed by atoms with Gasteiger partial charge in [0.15, 0.2) is 13.2 Å². The molecule has 7 heteroatoms. The number of Topliss-reactive ketones (excluding diaryl/α,β-unsaturated/α-hetero) is 1. The second-order valence-electron chi connectivity index (χ2n) is 5.24. The first-order valence-electron chi connectivity index (χ1n) is 7.25. The van der Waals surface area contributed by atoms with Gasteiger partial charge in [0.2, 0.25) is 5.78 Å². The molecular formula is C17H18N2O5. The number of carbonyl (C=O) groups excluding carboxylic acids is 3. The van der Waals surface area contributed by atoms with Crippen LogP contribution in [-0.4, -0.2) is 35.9 Å². The van der Waals surface area contributed by atoms with Crippen LogP contribution in [0.3, 0.4) is 0 Å². The number of primary amides is 1. The van der Waals surface area contributed by atoms with Gasteiger partial charge in [-0.25, -0.2) is 4.79 Å². The molecule has 0 saturated carbocycles. The molecule has 2 aromatic rings. The van der Waals surface area contributed by atoms with E-state index >= 15 is 0 Å². The van der Waals surface area contributed by atoms with E-state index in [0.29, 0.717) is 5.56 Å². The number of amides is 1. The number of carbonyl (C=O) groups is 3. The average molecular weight is 330 g/mol. The van der Waals surface area contributed by atoms with Crippen LogP contribution in [-0.2, 0) is 9.53 Å². The van der Waals surface area contributed by atoms with Crippen molar-refractivity contribution >= 4 is 17.7 Å². The van der Waals surface area contributed by atoms with Crippen molar-refractivity contribution in [2.24, 2.45) is 5.73 Å². The first-order chi connectivity index (χ1) is 11.4. The predicted octanol–water partition coefficient (Wildman–Crippen LogP) is 1.54. The second-order valence-corrected chi connectivity index (χ2v) is 5.24. The number of rotatable bonds is 7. The molecule has 0 bridgehead atoms. The van der Waals surface area contributed by atoms with Crippen molar-refractivity contribution in [1.82, 2.24) is 4.98 Å². The molecule has 1 aromatic heterocycles. The lowest BCUT2D eigenvalue weighted by Crippen LogP contribution is -2.21. The Morgan fingerprint density at radius 1 is 1.08 bits per heavy atom. The lowest BCUT2D eigenvalue weighted by atomic mass is 10.1. The van der Waals surface area contributed by atoms with Crippen LogP contribution in [0.15, 0.2) is 30.3 Å². The molecule has 126 valence electrons. The number of nitrogens with one attached hydrogen (secondary N) is 1. The van der Waals surface area contributed by atoms with Gasteiger partial charge >= 0.3 is 5.97 Å². The van der Waals surface area contributed by atoms with Gasteiger partial charge in [0.1, 0.15) is 11.3 Å². The third-order valence-electron chi connectivity index (χ3n) is 3.26. The van der Waals surface area contributed by atoms with Crippen LogP contribution in [0.25, 0.3) is 0 Å².